The first-order valence-corrected chi connectivity index (χ1v) is 5.18. The molecular weight excluding hydrogens is 178 g/mol. The van der Waals surface area contributed by atoms with Gasteiger partial charge in [0.25, 0.3) is 0 Å². The summed E-state index contributed by atoms with van der Waals surface area (Å²) in [4.78, 5) is 13.4. The molecule has 3 heteroatoms. The van der Waals surface area contributed by atoms with Gasteiger partial charge in [-0.2, -0.15) is 0 Å². The first-order chi connectivity index (χ1) is 6.70. The Hall–Kier alpha value is -0.730. The summed E-state index contributed by atoms with van der Waals surface area (Å²) in [6.45, 7) is 8.78. The number of carbonyl (C=O) groups excluding carboxylic acids is 1. The molecule has 1 fully saturated rings. The molecule has 0 N–H and O–H groups in total. The monoisotopic (exact) mass is 200 g/mol. The Bertz CT molecular complexity index is 235. The first kappa shape index (κ1) is 9.81. The van der Waals surface area contributed by atoms with Crippen molar-refractivity contribution in [3.05, 3.63) is 0 Å². The van der Waals surface area contributed by atoms with Gasteiger partial charge in [-0.25, -0.2) is 4.79 Å². The van der Waals surface area contributed by atoms with Crippen LogP contribution in [0, 0.1) is 5.89 Å². The molecule has 0 unspecified atom stereocenters. The first-order valence-electron chi connectivity index (χ1n) is 5.68. The van der Waals surface area contributed by atoms with Crippen LogP contribution in [0.5, 0.6) is 0 Å². The fourth-order valence-electron chi connectivity index (χ4n) is 1.40. The predicted molar refractivity (Wildman–Crippen MR) is 56.2 cm³/mol. The van der Waals surface area contributed by atoms with Gasteiger partial charge < -0.3 is 9.64 Å². The van der Waals surface area contributed by atoms with Crippen LogP contribution in [-0.2, 0) is 4.74 Å². The molecule has 0 atom stereocenters. The van der Waals surface area contributed by atoms with E-state index in [0.29, 0.717) is 13.1 Å². The van der Waals surface area contributed by atoms with Crippen LogP contribution >= 0.6 is 0 Å². The highest BCUT2D eigenvalue weighted by atomic mass is 16.6. The van der Waals surface area contributed by atoms with Gasteiger partial charge in [0.2, 0.25) is 0 Å². The van der Waals surface area contributed by atoms with Crippen molar-refractivity contribution in [2.75, 3.05) is 13.1 Å². The van der Waals surface area contributed by atoms with Gasteiger partial charge in [-0.3, -0.25) is 0 Å². The number of carbonyl (C=O) groups is 1. The quantitative estimate of drug-likeness (QED) is 0.601. The number of ether oxygens (including phenoxy) is 1. The van der Waals surface area contributed by atoms with Gasteiger partial charge in [0.05, 0.1) is 0 Å². The Morgan fingerprint density at radius 2 is 1.93 bits per heavy atom. The molecule has 3 nitrogen and oxygen atoms in total. The number of likely N-dealkylation sites (tertiary alicyclic amines) is 1. The lowest BCUT2D eigenvalue weighted by Crippen LogP contribution is -2.41. The highest BCUT2D eigenvalue weighted by Crippen LogP contribution is 2.18. The maximum Gasteiger partial charge on any atom is 0.410 e. The smallest absolute Gasteiger partial charge is 0.410 e. The third-order valence-electron chi connectivity index (χ3n) is 2.27. The largest absolute Gasteiger partial charge is 0.444 e. The lowest BCUT2D eigenvalue weighted by molar-refractivity contribution is 0.0190. The van der Waals surface area contributed by atoms with Crippen LogP contribution in [0.3, 0.4) is 0 Å². The molecule has 1 heterocycles. The van der Waals surface area contributed by atoms with E-state index in [2.05, 4.69) is 0 Å². The molecule has 0 aromatic rings. The predicted octanol–water partition coefficient (Wildman–Crippen LogP) is 2.65. The molecule has 0 spiro atoms. The Balaban J connectivity index is 2.44. The van der Waals surface area contributed by atoms with E-state index in [1.165, 1.54) is 0 Å². The normalized spacial score (nSPS) is 22.9. The van der Waals surface area contributed by atoms with Crippen LogP contribution in [0.4, 0.5) is 4.79 Å². The molecule has 1 aliphatic rings. The van der Waals surface area contributed by atoms with E-state index in [-0.39, 0.29) is 12.0 Å². The van der Waals surface area contributed by atoms with Gasteiger partial charge in [-0.15, -0.1) is 0 Å². The van der Waals surface area contributed by atoms with E-state index in [1.54, 1.807) is 4.90 Å². The molecule has 0 bridgehead atoms. The maximum atomic E-state index is 11.7. The number of rotatable bonds is 0. The lowest BCUT2D eigenvalue weighted by Gasteiger charge is -2.32. The molecule has 0 radical (unpaired) electrons. The lowest BCUT2D eigenvalue weighted by atomic mass is 10.00. The minimum atomic E-state index is -0.432. The molecule has 0 saturated carbocycles. The second-order valence-electron chi connectivity index (χ2n) is 4.92. The Morgan fingerprint density at radius 3 is 2.36 bits per heavy atom. The van der Waals surface area contributed by atoms with Crippen molar-refractivity contribution in [1.29, 1.82) is 0 Å². The summed E-state index contributed by atoms with van der Waals surface area (Å²) in [5, 5.41) is 0. The van der Waals surface area contributed by atoms with Crippen LogP contribution in [0.1, 0.15) is 41.9 Å². The highest BCUT2D eigenvalue weighted by Gasteiger charge is 2.24. The van der Waals surface area contributed by atoms with Crippen molar-refractivity contribution in [2.24, 2.45) is 5.89 Å². The number of hydrogen-bond acceptors (Lipinski definition) is 2. The Morgan fingerprint density at radius 1 is 1.43 bits per heavy atom. The summed E-state index contributed by atoms with van der Waals surface area (Å²) in [6, 6.07) is 0. The molecule has 1 aliphatic heterocycles. The van der Waals surface area contributed by atoms with Crippen molar-refractivity contribution >= 4 is 6.09 Å². The molecule has 14 heavy (non-hydrogen) atoms. The van der Waals surface area contributed by atoms with Gasteiger partial charge in [0.15, 0.2) is 0 Å². The van der Waals surface area contributed by atoms with Crippen LogP contribution in [-0.4, -0.2) is 29.7 Å². The van der Waals surface area contributed by atoms with Gasteiger partial charge >= 0.3 is 6.09 Å². The van der Waals surface area contributed by atoms with Crippen LogP contribution < -0.4 is 0 Å². The Kier molecular flexibility index (Phi) is 2.94. The fourth-order valence-corrected chi connectivity index (χ4v) is 1.40. The van der Waals surface area contributed by atoms with Crippen molar-refractivity contribution in [3.8, 4) is 0 Å². The van der Waals surface area contributed by atoms with Crippen LogP contribution in [0.25, 0.3) is 0 Å². The zero-order chi connectivity index (χ0) is 11.7. The summed E-state index contributed by atoms with van der Waals surface area (Å²) in [5.74, 6) is -0.376. The standard InChI is InChI=1S/C11H21NO2/c1-9-5-7-12(8-6-9)10(13)14-11(2,3)4/h9H,5-8H2,1-4H3/i9D. The zero-order valence-corrected chi connectivity index (χ0v) is 9.59. The zero-order valence-electron chi connectivity index (χ0n) is 10.6. The van der Waals surface area contributed by atoms with Crippen molar-refractivity contribution in [3.63, 3.8) is 0 Å². The molecule has 82 valence electrons. The molecule has 0 aliphatic carbocycles. The second-order valence-corrected chi connectivity index (χ2v) is 4.92. The van der Waals surface area contributed by atoms with Crippen LogP contribution in [0.2, 0.25) is 0 Å². The van der Waals surface area contributed by atoms with Crippen molar-refractivity contribution in [2.45, 2.75) is 46.1 Å². The highest BCUT2D eigenvalue weighted by molar-refractivity contribution is 5.68. The maximum absolute atomic E-state index is 11.7. The van der Waals surface area contributed by atoms with E-state index in [0.717, 1.165) is 12.8 Å². The van der Waals surface area contributed by atoms with Gasteiger partial charge in [0, 0.05) is 14.5 Å². The van der Waals surface area contributed by atoms with Gasteiger partial charge in [0.1, 0.15) is 5.60 Å². The minimum absolute atomic E-state index is 0.252. The SMILES string of the molecule is [2H]C1(C)CCN(C(=O)OC(C)(C)C)CC1. The fraction of sp³-hybridized carbons (Fsp3) is 0.909. The third kappa shape index (κ3) is 3.56. The van der Waals surface area contributed by atoms with Crippen molar-refractivity contribution in [1.82, 2.24) is 4.90 Å². The van der Waals surface area contributed by atoms with E-state index < -0.39 is 5.60 Å². The summed E-state index contributed by atoms with van der Waals surface area (Å²) in [5.41, 5.74) is -0.432. The molecule has 0 aromatic carbocycles. The van der Waals surface area contributed by atoms with E-state index in [4.69, 9.17) is 6.11 Å². The molecule has 1 rings (SSSR count). The average Bonchev–Trinajstić information content (AvgIpc) is 2.00. The third-order valence-corrected chi connectivity index (χ3v) is 2.27. The summed E-state index contributed by atoms with van der Waals surface area (Å²) < 4.78 is 13.1. The number of piperidine rings is 1. The second kappa shape index (κ2) is 4.20. The van der Waals surface area contributed by atoms with Crippen LogP contribution in [0.15, 0.2) is 0 Å². The topological polar surface area (TPSA) is 29.5 Å². The number of amides is 1. The van der Waals surface area contributed by atoms with E-state index >= 15 is 0 Å². The van der Waals surface area contributed by atoms with Gasteiger partial charge in [-0.1, -0.05) is 6.92 Å². The Labute approximate surface area is 87.8 Å². The van der Waals surface area contributed by atoms with E-state index in [1.807, 2.05) is 27.7 Å². The summed E-state index contributed by atoms with van der Waals surface area (Å²) >= 11 is 0. The summed E-state index contributed by atoms with van der Waals surface area (Å²) in [6.07, 6.45) is 1.20. The molecule has 0 aromatic heterocycles. The molecular formula is C11H21NO2. The number of hydrogen-bond donors (Lipinski definition) is 0. The summed E-state index contributed by atoms with van der Waals surface area (Å²) in [7, 11) is 0. The average molecular weight is 200 g/mol. The molecule has 1 saturated heterocycles. The van der Waals surface area contributed by atoms with E-state index in [9.17, 15) is 4.79 Å². The van der Waals surface area contributed by atoms with Crippen molar-refractivity contribution < 1.29 is 10.9 Å². The van der Waals surface area contributed by atoms with Gasteiger partial charge in [-0.05, 0) is 39.5 Å². The number of nitrogens with zero attached hydrogens (tertiary/aromatic N) is 1. The minimum Gasteiger partial charge on any atom is -0.444 e. The molecule has 1 amide bonds.